The fourth-order valence-corrected chi connectivity index (χ4v) is 12.4. The zero-order valence-electron chi connectivity index (χ0n) is 50.0. The number of aliphatic imine (C=N–C) groups is 6. The predicted octanol–water partition coefficient (Wildman–Crippen LogP) is 5.44. The number of amidine groups is 6. The van der Waals surface area contributed by atoms with Crippen molar-refractivity contribution >= 4 is 91.0 Å². The second-order valence-electron chi connectivity index (χ2n) is 22.1. The van der Waals surface area contributed by atoms with Gasteiger partial charge in [0.05, 0.1) is 0 Å². The van der Waals surface area contributed by atoms with Crippen LogP contribution in [0.2, 0.25) is 0 Å². The van der Waals surface area contributed by atoms with Crippen LogP contribution in [0.4, 0.5) is 0 Å². The van der Waals surface area contributed by atoms with Crippen molar-refractivity contribution in [2.24, 2.45) is 30.0 Å². The maximum Gasteiger partial charge on any atom is 2.00 e. The van der Waals surface area contributed by atoms with Crippen molar-refractivity contribution in [3.8, 4) is 0 Å². The molecule has 6 N–H and O–H groups in total. The van der Waals surface area contributed by atoms with E-state index in [1.54, 1.807) is 0 Å². The number of rotatable bonds is 11. The summed E-state index contributed by atoms with van der Waals surface area (Å²) in [4.78, 5) is 26.2. The van der Waals surface area contributed by atoms with Crippen LogP contribution in [0.3, 0.4) is 0 Å². The van der Waals surface area contributed by atoms with Crippen LogP contribution in [0, 0.1) is 0 Å². The van der Waals surface area contributed by atoms with Crippen molar-refractivity contribution in [3.63, 3.8) is 0 Å². The van der Waals surface area contributed by atoms with Crippen LogP contribution in [-0.2, 0) is 17.1 Å². The Morgan fingerprint density at radius 1 is 0.195 bits per heavy atom. The maximum absolute atomic E-state index is 4.37. The van der Waals surface area contributed by atoms with Gasteiger partial charge in [0, 0.05) is 78.5 Å². The number of nitrogens with zero attached hydrogens (tertiary/aromatic N) is 6. The molecule has 0 spiro atoms. The first kappa shape index (κ1) is 62.8. The van der Waals surface area contributed by atoms with Gasteiger partial charge in [-0.1, -0.05) is 243 Å². The summed E-state index contributed by atoms with van der Waals surface area (Å²) >= 11 is 0. The number of hydrogen-bond donors (Lipinski definition) is 6. The molecule has 0 saturated heterocycles. The average molecular weight is 1190 g/mol. The predicted molar refractivity (Wildman–Crippen MR) is 370 cm³/mol. The van der Waals surface area contributed by atoms with Crippen molar-refractivity contribution in [3.05, 3.63) is 243 Å². The number of hydrogen-bond acceptors (Lipinski definition) is 12. The summed E-state index contributed by atoms with van der Waals surface area (Å²) < 4.78 is 0. The summed E-state index contributed by atoms with van der Waals surface area (Å²) in [5.74, 6) is 5.76. The van der Waals surface area contributed by atoms with Crippen molar-refractivity contribution in [2.75, 3.05) is 78.5 Å². The summed E-state index contributed by atoms with van der Waals surface area (Å²) in [6.07, 6.45) is 4.38. The van der Waals surface area contributed by atoms with Crippen LogP contribution in [0.15, 0.2) is 273 Å². The van der Waals surface area contributed by atoms with Crippen molar-refractivity contribution in [2.45, 2.75) is 38.5 Å². The third-order valence-electron chi connectivity index (χ3n) is 16.5. The van der Waals surface area contributed by atoms with Crippen LogP contribution >= 0.6 is 0 Å². The van der Waals surface area contributed by atoms with E-state index in [9.17, 15) is 0 Å². The molecule has 444 valence electrons. The first-order chi connectivity index (χ1) is 42.7. The van der Waals surface area contributed by atoms with Crippen LogP contribution in [0.5, 0.6) is 0 Å². The Labute approximate surface area is 526 Å². The summed E-state index contributed by atoms with van der Waals surface area (Å²) in [6, 6.07) is 87.1. The Morgan fingerprint density at radius 2 is 0.322 bits per heavy atom. The molecule has 0 amide bonds. The van der Waals surface area contributed by atoms with Gasteiger partial charge in [-0.15, -0.1) is 0 Å². The van der Waals surface area contributed by atoms with E-state index < -0.39 is 12.3 Å². The Bertz CT molecular complexity index is 2810. The standard InChI is InChI=1S/2C24H20B.3C8H14N4.Fe/c2*1-5-13-21(14-6-1)25(22-15-7-2-8-16-22,23-17-9-3-10-18-23)24-19-11-4-12-20-24;3*1-3-9-7(10-4-1)8-11-5-2-6-12-8;/h2*1-20H;3*1-6H2,(H,9,10)(H,11,12);/q2*-1;;;;+2. The van der Waals surface area contributed by atoms with Crippen LogP contribution < -0.4 is 75.6 Å². The van der Waals surface area contributed by atoms with Crippen molar-refractivity contribution < 1.29 is 17.1 Å². The van der Waals surface area contributed by atoms with E-state index >= 15 is 0 Å². The Kier molecular flexibility index (Phi) is 24.4. The zero-order valence-corrected chi connectivity index (χ0v) is 51.1. The van der Waals surface area contributed by atoms with E-state index in [-0.39, 0.29) is 17.1 Å². The molecule has 0 saturated carbocycles. The third kappa shape index (κ3) is 16.4. The Morgan fingerprint density at radius 3 is 0.425 bits per heavy atom. The largest absolute Gasteiger partial charge is 2.00 e. The topological polar surface area (TPSA) is 146 Å². The second-order valence-corrected chi connectivity index (χ2v) is 22.1. The molecular formula is C72H82B2FeN12. The van der Waals surface area contributed by atoms with Gasteiger partial charge in [-0.2, -0.15) is 43.7 Å². The molecule has 0 atom stereocenters. The van der Waals surface area contributed by atoms with Crippen LogP contribution in [0.1, 0.15) is 38.5 Å². The number of benzene rings is 8. The van der Waals surface area contributed by atoms with E-state index in [0.717, 1.165) is 152 Å². The van der Waals surface area contributed by atoms with Gasteiger partial charge in [-0.05, 0) is 38.5 Å². The molecule has 8 aromatic rings. The molecule has 0 radical (unpaired) electrons. The quantitative estimate of drug-likeness (QED) is 0.0954. The van der Waals surface area contributed by atoms with E-state index in [1.165, 1.54) is 43.7 Å². The van der Waals surface area contributed by atoms with Crippen LogP contribution in [-0.4, -0.2) is 126 Å². The summed E-state index contributed by atoms with van der Waals surface area (Å²) in [5, 5.41) is 19.5. The molecule has 6 aliphatic rings. The molecule has 8 aromatic carbocycles. The average Bonchev–Trinajstić information content (AvgIpc) is 0.942. The second kappa shape index (κ2) is 33.8. The number of nitrogens with one attached hydrogen (secondary N) is 6. The molecular weight excluding hydrogens is 1110 g/mol. The molecule has 0 aliphatic carbocycles. The molecule has 87 heavy (non-hydrogen) atoms. The molecule has 15 heteroatoms. The molecule has 6 aliphatic heterocycles. The first-order valence-electron chi connectivity index (χ1n) is 31.2. The Hall–Kier alpha value is -8.77. The molecule has 14 rings (SSSR count). The molecule has 0 fully saturated rings. The van der Waals surface area contributed by atoms with Gasteiger partial charge in [-0.25, -0.2) is 0 Å². The Balaban J connectivity index is 0.000000135. The van der Waals surface area contributed by atoms with Crippen molar-refractivity contribution in [1.29, 1.82) is 0 Å². The fourth-order valence-electron chi connectivity index (χ4n) is 12.4. The van der Waals surface area contributed by atoms with Gasteiger partial charge in [0.1, 0.15) is 12.3 Å². The third-order valence-corrected chi connectivity index (χ3v) is 16.5. The van der Waals surface area contributed by atoms with Crippen LogP contribution in [0.25, 0.3) is 0 Å². The summed E-state index contributed by atoms with van der Waals surface area (Å²) in [5.41, 5.74) is 10.7. The van der Waals surface area contributed by atoms with Gasteiger partial charge in [0.15, 0.2) is 35.0 Å². The monoisotopic (exact) mass is 1190 g/mol. The molecule has 12 nitrogen and oxygen atoms in total. The normalized spacial score (nSPS) is 16.1. The van der Waals surface area contributed by atoms with Gasteiger partial charge in [0.25, 0.3) is 0 Å². The molecule has 0 aromatic heterocycles. The molecule has 0 unspecified atom stereocenters. The SMILES string of the molecule is C1CN=C(C2=NCCCN2)NC1.C1CN=C(C2=NCCCN2)NC1.C1CN=C(C2=NCCCN2)NC1.[Fe+2].c1ccc([B-](c2ccccc2)(c2ccccc2)c2ccccc2)cc1.c1ccc([B-](c2ccccc2)(c2ccccc2)c2ccccc2)cc1. The summed E-state index contributed by atoms with van der Waals surface area (Å²) in [7, 11) is 0. The van der Waals surface area contributed by atoms with E-state index in [4.69, 9.17) is 0 Å². The van der Waals surface area contributed by atoms with E-state index in [0.29, 0.717) is 0 Å². The van der Waals surface area contributed by atoms with Gasteiger partial charge < -0.3 is 31.9 Å². The van der Waals surface area contributed by atoms with E-state index in [1.807, 2.05) is 0 Å². The smallest absolute Gasteiger partial charge is 0.367 e. The minimum Gasteiger partial charge on any atom is -0.367 e. The molecule has 0 bridgehead atoms. The minimum atomic E-state index is -1.22. The zero-order chi connectivity index (χ0) is 58.6. The van der Waals surface area contributed by atoms with Gasteiger partial charge in [0.2, 0.25) is 0 Å². The summed E-state index contributed by atoms with van der Waals surface area (Å²) in [6.45, 7) is 11.8. The van der Waals surface area contributed by atoms with Crippen molar-refractivity contribution in [1.82, 2.24) is 31.9 Å². The first-order valence-corrected chi connectivity index (χ1v) is 31.2. The fraction of sp³-hybridized carbons (Fsp3) is 0.250. The van der Waals surface area contributed by atoms with Gasteiger partial charge >= 0.3 is 17.1 Å². The molecule has 6 heterocycles. The maximum atomic E-state index is 4.37. The van der Waals surface area contributed by atoms with Gasteiger partial charge in [-0.3, -0.25) is 30.0 Å². The van der Waals surface area contributed by atoms with E-state index in [2.05, 4.69) is 305 Å². The minimum absolute atomic E-state index is 0.